The highest BCUT2D eigenvalue weighted by Crippen LogP contribution is 2.26. The summed E-state index contributed by atoms with van der Waals surface area (Å²) in [4.78, 5) is 2.38. The van der Waals surface area contributed by atoms with Crippen LogP contribution in [-0.2, 0) is 4.74 Å². The molecule has 20 heavy (non-hydrogen) atoms. The normalized spacial score (nSPS) is 18.4. The Labute approximate surface area is 127 Å². The van der Waals surface area contributed by atoms with Gasteiger partial charge >= 0.3 is 0 Å². The van der Waals surface area contributed by atoms with E-state index >= 15 is 0 Å². The van der Waals surface area contributed by atoms with Gasteiger partial charge in [0, 0.05) is 37.4 Å². The van der Waals surface area contributed by atoms with E-state index in [2.05, 4.69) is 24.9 Å². The lowest BCUT2D eigenvalue weighted by Gasteiger charge is -2.33. The standard InChI is InChI=1S/C16H25ClN2O/c1-12-9-14(17)3-4-15(12)16(10-18)19(2)11-13-5-7-20-8-6-13/h3-4,9,13,16H,5-8,10-11,18H2,1-2H3. The number of ether oxygens (including phenoxy) is 1. The molecule has 0 bridgehead atoms. The lowest BCUT2D eigenvalue weighted by Crippen LogP contribution is -2.36. The fourth-order valence-corrected chi connectivity index (χ4v) is 3.25. The second kappa shape index (κ2) is 7.41. The third-order valence-electron chi connectivity index (χ3n) is 4.23. The first kappa shape index (κ1) is 15.8. The first-order valence-electron chi connectivity index (χ1n) is 7.36. The van der Waals surface area contributed by atoms with Gasteiger partial charge in [0.15, 0.2) is 0 Å². The summed E-state index contributed by atoms with van der Waals surface area (Å²) in [6.45, 7) is 5.60. The monoisotopic (exact) mass is 296 g/mol. The lowest BCUT2D eigenvalue weighted by atomic mass is 9.96. The molecule has 1 aliphatic rings. The smallest absolute Gasteiger partial charge is 0.0470 e. The minimum atomic E-state index is 0.259. The summed E-state index contributed by atoms with van der Waals surface area (Å²) in [7, 11) is 2.17. The van der Waals surface area contributed by atoms with Gasteiger partial charge in [-0.25, -0.2) is 0 Å². The van der Waals surface area contributed by atoms with Crippen LogP contribution in [0.1, 0.15) is 30.0 Å². The minimum Gasteiger partial charge on any atom is -0.381 e. The van der Waals surface area contributed by atoms with E-state index in [1.165, 1.54) is 11.1 Å². The molecule has 112 valence electrons. The van der Waals surface area contributed by atoms with Gasteiger partial charge in [0.25, 0.3) is 0 Å². The number of nitrogens with zero attached hydrogens (tertiary/aromatic N) is 1. The van der Waals surface area contributed by atoms with E-state index in [0.717, 1.165) is 43.5 Å². The molecule has 0 radical (unpaired) electrons. The molecule has 0 spiro atoms. The van der Waals surface area contributed by atoms with Crippen LogP contribution in [0.5, 0.6) is 0 Å². The van der Waals surface area contributed by atoms with Crippen molar-refractivity contribution in [3.05, 3.63) is 34.3 Å². The van der Waals surface area contributed by atoms with E-state index in [-0.39, 0.29) is 6.04 Å². The molecule has 1 atom stereocenters. The van der Waals surface area contributed by atoms with Gasteiger partial charge < -0.3 is 10.5 Å². The fraction of sp³-hybridized carbons (Fsp3) is 0.625. The highest BCUT2D eigenvalue weighted by molar-refractivity contribution is 6.30. The van der Waals surface area contributed by atoms with Crippen molar-refractivity contribution in [1.82, 2.24) is 4.90 Å². The van der Waals surface area contributed by atoms with E-state index in [1.807, 2.05) is 12.1 Å². The zero-order valence-corrected chi connectivity index (χ0v) is 13.2. The van der Waals surface area contributed by atoms with Gasteiger partial charge in [-0.3, -0.25) is 4.90 Å². The van der Waals surface area contributed by atoms with Crippen molar-refractivity contribution in [2.75, 3.05) is 33.4 Å². The van der Waals surface area contributed by atoms with Gasteiger partial charge in [0.1, 0.15) is 0 Å². The van der Waals surface area contributed by atoms with Gasteiger partial charge in [-0.15, -0.1) is 0 Å². The second-order valence-electron chi connectivity index (χ2n) is 5.75. The maximum absolute atomic E-state index is 6.04. The topological polar surface area (TPSA) is 38.5 Å². The van der Waals surface area contributed by atoms with Crippen LogP contribution in [0.15, 0.2) is 18.2 Å². The number of aryl methyl sites for hydroxylation is 1. The molecule has 0 aliphatic carbocycles. The Bertz CT molecular complexity index is 432. The fourth-order valence-electron chi connectivity index (χ4n) is 3.02. The average molecular weight is 297 g/mol. The Hall–Kier alpha value is -0.610. The van der Waals surface area contributed by atoms with Crippen LogP contribution < -0.4 is 5.73 Å². The molecule has 1 aromatic carbocycles. The van der Waals surface area contributed by atoms with Crippen molar-refractivity contribution in [3.63, 3.8) is 0 Å². The lowest BCUT2D eigenvalue weighted by molar-refractivity contribution is 0.0507. The summed E-state index contributed by atoms with van der Waals surface area (Å²) < 4.78 is 5.43. The number of halogens is 1. The third-order valence-corrected chi connectivity index (χ3v) is 4.47. The Balaban J connectivity index is 2.06. The highest BCUT2D eigenvalue weighted by atomic mass is 35.5. The van der Waals surface area contributed by atoms with Crippen molar-refractivity contribution in [2.24, 2.45) is 11.7 Å². The number of rotatable bonds is 5. The van der Waals surface area contributed by atoms with Gasteiger partial charge in [0.2, 0.25) is 0 Å². The number of hydrogen-bond donors (Lipinski definition) is 1. The molecular formula is C16H25ClN2O. The summed E-state index contributed by atoms with van der Waals surface area (Å²) in [5.41, 5.74) is 8.52. The van der Waals surface area contributed by atoms with Crippen LogP contribution in [0.2, 0.25) is 5.02 Å². The average Bonchev–Trinajstić information content (AvgIpc) is 2.43. The van der Waals surface area contributed by atoms with Crippen molar-refractivity contribution in [1.29, 1.82) is 0 Å². The van der Waals surface area contributed by atoms with Crippen LogP contribution in [0, 0.1) is 12.8 Å². The molecule has 3 nitrogen and oxygen atoms in total. The molecule has 2 N–H and O–H groups in total. The van der Waals surface area contributed by atoms with Gasteiger partial charge in [-0.1, -0.05) is 17.7 Å². The van der Waals surface area contributed by atoms with Gasteiger partial charge in [-0.2, -0.15) is 0 Å². The molecule has 1 unspecified atom stereocenters. The Kier molecular flexibility index (Phi) is 5.85. The predicted octanol–water partition coefficient (Wildman–Crippen LogP) is 3.01. The number of likely N-dealkylation sites (N-methyl/N-ethyl adjacent to an activating group) is 1. The molecule has 1 aromatic rings. The van der Waals surface area contributed by atoms with Crippen molar-refractivity contribution in [2.45, 2.75) is 25.8 Å². The summed E-state index contributed by atoms with van der Waals surface area (Å²) >= 11 is 6.04. The van der Waals surface area contributed by atoms with Crippen molar-refractivity contribution >= 4 is 11.6 Å². The van der Waals surface area contributed by atoms with Crippen molar-refractivity contribution < 1.29 is 4.74 Å². The molecule has 0 saturated carbocycles. The first-order valence-corrected chi connectivity index (χ1v) is 7.73. The number of benzene rings is 1. The number of hydrogen-bond acceptors (Lipinski definition) is 3. The molecule has 0 amide bonds. The zero-order valence-electron chi connectivity index (χ0n) is 12.4. The Morgan fingerprint density at radius 3 is 2.70 bits per heavy atom. The van der Waals surface area contributed by atoms with E-state index < -0.39 is 0 Å². The predicted molar refractivity (Wildman–Crippen MR) is 84.2 cm³/mol. The molecule has 1 saturated heterocycles. The summed E-state index contributed by atoms with van der Waals surface area (Å²) in [6.07, 6.45) is 2.31. The van der Waals surface area contributed by atoms with E-state index in [9.17, 15) is 0 Å². The highest BCUT2D eigenvalue weighted by Gasteiger charge is 2.22. The second-order valence-corrected chi connectivity index (χ2v) is 6.18. The number of nitrogens with two attached hydrogens (primary N) is 1. The zero-order chi connectivity index (χ0) is 14.5. The Morgan fingerprint density at radius 2 is 2.10 bits per heavy atom. The SMILES string of the molecule is Cc1cc(Cl)ccc1C(CN)N(C)CC1CCOCC1. The maximum atomic E-state index is 6.04. The quantitative estimate of drug-likeness (QED) is 0.908. The molecule has 1 fully saturated rings. The summed E-state index contributed by atoms with van der Waals surface area (Å²) in [5, 5.41) is 0.786. The van der Waals surface area contributed by atoms with Crippen LogP contribution in [0.25, 0.3) is 0 Å². The van der Waals surface area contributed by atoms with E-state index in [1.54, 1.807) is 0 Å². The van der Waals surface area contributed by atoms with E-state index in [0.29, 0.717) is 6.54 Å². The largest absolute Gasteiger partial charge is 0.381 e. The van der Waals surface area contributed by atoms with Crippen LogP contribution in [0.4, 0.5) is 0 Å². The Morgan fingerprint density at radius 1 is 1.40 bits per heavy atom. The van der Waals surface area contributed by atoms with Crippen LogP contribution in [-0.4, -0.2) is 38.3 Å². The summed E-state index contributed by atoms with van der Waals surface area (Å²) in [5.74, 6) is 0.718. The van der Waals surface area contributed by atoms with Crippen molar-refractivity contribution in [3.8, 4) is 0 Å². The molecule has 0 aromatic heterocycles. The summed E-state index contributed by atoms with van der Waals surface area (Å²) in [6, 6.07) is 6.34. The van der Waals surface area contributed by atoms with Crippen LogP contribution >= 0.6 is 11.6 Å². The molecule has 2 rings (SSSR count). The minimum absolute atomic E-state index is 0.259. The molecular weight excluding hydrogens is 272 g/mol. The van der Waals surface area contributed by atoms with Gasteiger partial charge in [-0.05, 0) is 56.0 Å². The molecule has 1 aliphatic heterocycles. The van der Waals surface area contributed by atoms with Crippen LogP contribution in [0.3, 0.4) is 0 Å². The third kappa shape index (κ3) is 3.95. The first-order chi connectivity index (χ1) is 9.61. The molecule has 1 heterocycles. The van der Waals surface area contributed by atoms with E-state index in [4.69, 9.17) is 22.1 Å². The maximum Gasteiger partial charge on any atom is 0.0470 e. The van der Waals surface area contributed by atoms with Gasteiger partial charge in [0.05, 0.1) is 0 Å². The molecule has 4 heteroatoms.